The van der Waals surface area contributed by atoms with Crippen molar-refractivity contribution < 1.29 is 4.79 Å². The zero-order chi connectivity index (χ0) is 13.2. The molecule has 1 aliphatic carbocycles. The van der Waals surface area contributed by atoms with Crippen molar-refractivity contribution in [3.63, 3.8) is 0 Å². The molecule has 0 saturated heterocycles. The van der Waals surface area contributed by atoms with Crippen LogP contribution in [0.4, 0.5) is 0 Å². The lowest BCUT2D eigenvalue weighted by Gasteiger charge is -2.17. The third-order valence-corrected chi connectivity index (χ3v) is 3.70. The van der Waals surface area contributed by atoms with Crippen LogP contribution in [-0.4, -0.2) is 37.0 Å². The van der Waals surface area contributed by atoms with Crippen LogP contribution in [0.3, 0.4) is 0 Å². The molecule has 0 fully saturated rings. The monoisotopic (exact) mass is 252 g/mol. The predicted molar refractivity (Wildman–Crippen MR) is 76.6 cm³/mol. The molecule has 0 aromatic rings. The normalized spacial score (nSPS) is 15.6. The van der Waals surface area contributed by atoms with Gasteiger partial charge < -0.3 is 10.2 Å². The van der Waals surface area contributed by atoms with E-state index in [9.17, 15) is 4.79 Å². The summed E-state index contributed by atoms with van der Waals surface area (Å²) in [7, 11) is 0. The van der Waals surface area contributed by atoms with Crippen LogP contribution in [0.2, 0.25) is 0 Å². The van der Waals surface area contributed by atoms with Crippen LogP contribution in [0, 0.1) is 0 Å². The van der Waals surface area contributed by atoms with E-state index in [1.807, 2.05) is 0 Å². The molecule has 1 rings (SSSR count). The fourth-order valence-electron chi connectivity index (χ4n) is 2.38. The van der Waals surface area contributed by atoms with Crippen molar-refractivity contribution in [3.05, 3.63) is 11.6 Å². The minimum Gasteiger partial charge on any atom is -0.356 e. The largest absolute Gasteiger partial charge is 0.356 e. The van der Waals surface area contributed by atoms with Gasteiger partial charge in [0.15, 0.2) is 0 Å². The van der Waals surface area contributed by atoms with Crippen LogP contribution in [0.1, 0.15) is 52.4 Å². The predicted octanol–water partition coefficient (Wildman–Crippen LogP) is 2.73. The number of nitrogens with one attached hydrogen (secondary N) is 1. The van der Waals surface area contributed by atoms with Crippen LogP contribution in [0.15, 0.2) is 11.6 Å². The fraction of sp³-hybridized carbons (Fsp3) is 0.800. The molecule has 0 atom stereocenters. The van der Waals surface area contributed by atoms with Gasteiger partial charge in [0, 0.05) is 19.5 Å². The topological polar surface area (TPSA) is 32.3 Å². The number of hydrogen-bond donors (Lipinski definition) is 1. The Labute approximate surface area is 112 Å². The summed E-state index contributed by atoms with van der Waals surface area (Å²) in [4.78, 5) is 13.9. The second-order valence-electron chi connectivity index (χ2n) is 4.98. The van der Waals surface area contributed by atoms with Crippen molar-refractivity contribution in [3.8, 4) is 0 Å². The molecular formula is C15H28N2O. The molecule has 0 bridgehead atoms. The van der Waals surface area contributed by atoms with Gasteiger partial charge >= 0.3 is 0 Å². The molecule has 1 N–H and O–H groups in total. The van der Waals surface area contributed by atoms with E-state index in [1.165, 1.54) is 31.3 Å². The zero-order valence-electron chi connectivity index (χ0n) is 12.0. The average molecular weight is 252 g/mol. The van der Waals surface area contributed by atoms with Crippen LogP contribution < -0.4 is 5.32 Å². The van der Waals surface area contributed by atoms with E-state index >= 15 is 0 Å². The Morgan fingerprint density at radius 3 is 2.72 bits per heavy atom. The van der Waals surface area contributed by atoms with Gasteiger partial charge in [-0.05, 0) is 45.2 Å². The molecule has 0 spiro atoms. The highest BCUT2D eigenvalue weighted by Gasteiger charge is 2.06. The number of carbonyl (C=O) groups excluding carboxylic acids is 1. The summed E-state index contributed by atoms with van der Waals surface area (Å²) in [5.74, 6) is 0.193. The fourth-order valence-corrected chi connectivity index (χ4v) is 2.38. The third kappa shape index (κ3) is 6.20. The number of carbonyl (C=O) groups is 1. The SMILES string of the molecule is CCN(CC)CCC(=O)NCCC1=CCCCC1. The summed E-state index contributed by atoms with van der Waals surface area (Å²) in [5.41, 5.74) is 1.53. The molecule has 0 saturated carbocycles. The molecule has 0 aliphatic heterocycles. The van der Waals surface area contributed by atoms with E-state index < -0.39 is 0 Å². The summed E-state index contributed by atoms with van der Waals surface area (Å²) in [5, 5.41) is 3.03. The Kier molecular flexibility index (Phi) is 7.74. The van der Waals surface area contributed by atoms with Gasteiger partial charge in [-0.3, -0.25) is 4.79 Å². The second kappa shape index (κ2) is 9.15. The maximum atomic E-state index is 11.7. The highest BCUT2D eigenvalue weighted by molar-refractivity contribution is 5.76. The number of rotatable bonds is 8. The Bertz CT molecular complexity index is 270. The molecule has 0 aromatic carbocycles. The first kappa shape index (κ1) is 15.2. The van der Waals surface area contributed by atoms with Gasteiger partial charge in [0.2, 0.25) is 5.91 Å². The van der Waals surface area contributed by atoms with Crippen LogP contribution >= 0.6 is 0 Å². The summed E-state index contributed by atoms with van der Waals surface area (Å²) in [6, 6.07) is 0. The van der Waals surface area contributed by atoms with Gasteiger partial charge in [-0.15, -0.1) is 0 Å². The van der Waals surface area contributed by atoms with E-state index in [1.54, 1.807) is 0 Å². The molecule has 1 aliphatic rings. The van der Waals surface area contributed by atoms with Crippen molar-refractivity contribution in [1.82, 2.24) is 10.2 Å². The lowest BCUT2D eigenvalue weighted by molar-refractivity contribution is -0.121. The van der Waals surface area contributed by atoms with Gasteiger partial charge in [0.25, 0.3) is 0 Å². The number of nitrogens with zero attached hydrogens (tertiary/aromatic N) is 1. The Morgan fingerprint density at radius 2 is 2.11 bits per heavy atom. The molecule has 104 valence electrons. The van der Waals surface area contributed by atoms with Gasteiger partial charge in [-0.1, -0.05) is 25.5 Å². The number of amides is 1. The smallest absolute Gasteiger partial charge is 0.221 e. The molecular weight excluding hydrogens is 224 g/mol. The summed E-state index contributed by atoms with van der Waals surface area (Å²) in [6.45, 7) is 8.01. The van der Waals surface area contributed by atoms with Gasteiger partial charge in [0.05, 0.1) is 0 Å². The van der Waals surface area contributed by atoms with Crippen molar-refractivity contribution in [2.45, 2.75) is 52.4 Å². The van der Waals surface area contributed by atoms with Gasteiger partial charge in [-0.25, -0.2) is 0 Å². The molecule has 3 heteroatoms. The van der Waals surface area contributed by atoms with Crippen LogP contribution in [0.5, 0.6) is 0 Å². The minimum absolute atomic E-state index is 0.193. The van der Waals surface area contributed by atoms with Gasteiger partial charge in [0.1, 0.15) is 0 Å². The first-order chi connectivity index (χ1) is 8.76. The summed E-state index contributed by atoms with van der Waals surface area (Å²) >= 11 is 0. The third-order valence-electron chi connectivity index (χ3n) is 3.70. The van der Waals surface area contributed by atoms with Crippen molar-refractivity contribution >= 4 is 5.91 Å². The standard InChI is InChI=1S/C15H28N2O/c1-3-17(4-2)13-11-15(18)16-12-10-14-8-6-5-7-9-14/h8H,3-7,9-13H2,1-2H3,(H,16,18). The maximum Gasteiger partial charge on any atom is 0.221 e. The molecule has 1 amide bonds. The molecule has 0 heterocycles. The van der Waals surface area contributed by atoms with E-state index in [2.05, 4.69) is 30.1 Å². The lowest BCUT2D eigenvalue weighted by Crippen LogP contribution is -2.31. The van der Waals surface area contributed by atoms with Crippen molar-refractivity contribution in [2.24, 2.45) is 0 Å². The number of allylic oxidation sites excluding steroid dienone is 1. The lowest BCUT2D eigenvalue weighted by atomic mass is 9.97. The maximum absolute atomic E-state index is 11.7. The molecule has 0 unspecified atom stereocenters. The second-order valence-corrected chi connectivity index (χ2v) is 4.98. The van der Waals surface area contributed by atoms with E-state index in [0.29, 0.717) is 6.42 Å². The highest BCUT2D eigenvalue weighted by Crippen LogP contribution is 2.19. The van der Waals surface area contributed by atoms with E-state index in [0.717, 1.165) is 32.6 Å². The van der Waals surface area contributed by atoms with Crippen molar-refractivity contribution in [1.29, 1.82) is 0 Å². The van der Waals surface area contributed by atoms with E-state index in [4.69, 9.17) is 0 Å². The minimum atomic E-state index is 0.193. The highest BCUT2D eigenvalue weighted by atomic mass is 16.1. The Hall–Kier alpha value is -0.830. The van der Waals surface area contributed by atoms with Crippen molar-refractivity contribution in [2.75, 3.05) is 26.2 Å². The van der Waals surface area contributed by atoms with Crippen LogP contribution in [-0.2, 0) is 4.79 Å². The van der Waals surface area contributed by atoms with E-state index in [-0.39, 0.29) is 5.91 Å². The van der Waals surface area contributed by atoms with Gasteiger partial charge in [-0.2, -0.15) is 0 Å². The van der Waals surface area contributed by atoms with Crippen LogP contribution in [0.25, 0.3) is 0 Å². The quantitative estimate of drug-likeness (QED) is 0.674. The Balaban J connectivity index is 2.07. The first-order valence-electron chi connectivity index (χ1n) is 7.43. The first-order valence-corrected chi connectivity index (χ1v) is 7.43. The molecule has 0 radical (unpaired) electrons. The Morgan fingerprint density at radius 1 is 1.33 bits per heavy atom. The number of hydrogen-bond acceptors (Lipinski definition) is 2. The molecule has 3 nitrogen and oxygen atoms in total. The molecule has 18 heavy (non-hydrogen) atoms. The summed E-state index contributed by atoms with van der Waals surface area (Å²) in [6.07, 6.45) is 9.13. The average Bonchev–Trinajstić information content (AvgIpc) is 2.41. The zero-order valence-corrected chi connectivity index (χ0v) is 12.0. The molecule has 0 aromatic heterocycles. The summed E-state index contributed by atoms with van der Waals surface area (Å²) < 4.78 is 0.